The Kier molecular flexibility index (Phi) is 3.86. The number of hydrogen-bond donors (Lipinski definition) is 1. The molecule has 0 saturated carbocycles. The summed E-state index contributed by atoms with van der Waals surface area (Å²) in [7, 11) is 4.18. The first kappa shape index (κ1) is 16.2. The quantitative estimate of drug-likeness (QED) is 0.521. The third-order valence-electron chi connectivity index (χ3n) is 4.80. The number of rotatable bonds is 3. The lowest BCUT2D eigenvalue weighted by atomic mass is 10.0. The molecule has 0 bridgehead atoms. The van der Waals surface area contributed by atoms with E-state index in [9.17, 15) is 0 Å². The number of hydrogen-bond acceptors (Lipinski definition) is 1. The van der Waals surface area contributed by atoms with Crippen molar-refractivity contribution in [2.75, 3.05) is 14.1 Å². The Morgan fingerprint density at radius 1 is 1.12 bits per heavy atom. The first-order valence-corrected chi connectivity index (χ1v) is 8.85. The number of benzene rings is 2. The standard InChI is InChI=1S/C21H22ClN3/c1-13-9-19(25-8-7-15(12-25)11-24(3)4)14(2)20-17-10-16(22)5-6-18(17)23-21(13)20/h5-10,12,23H,11H2,1-4H3. The second-order valence-electron chi connectivity index (χ2n) is 7.07. The van der Waals surface area contributed by atoms with Crippen molar-refractivity contribution < 1.29 is 0 Å². The van der Waals surface area contributed by atoms with Crippen molar-refractivity contribution in [1.82, 2.24) is 14.5 Å². The summed E-state index contributed by atoms with van der Waals surface area (Å²) in [6, 6.07) is 10.5. The Morgan fingerprint density at radius 3 is 2.68 bits per heavy atom. The van der Waals surface area contributed by atoms with Crippen LogP contribution in [0.2, 0.25) is 5.02 Å². The predicted octanol–water partition coefficient (Wildman–Crippen LogP) is 5.44. The molecule has 0 unspecified atom stereocenters. The van der Waals surface area contributed by atoms with Crippen LogP contribution in [0.3, 0.4) is 0 Å². The van der Waals surface area contributed by atoms with Gasteiger partial charge in [0, 0.05) is 51.5 Å². The van der Waals surface area contributed by atoms with Crippen LogP contribution in [0.15, 0.2) is 42.7 Å². The highest BCUT2D eigenvalue weighted by molar-refractivity contribution is 6.32. The van der Waals surface area contributed by atoms with E-state index in [2.05, 4.69) is 79.1 Å². The van der Waals surface area contributed by atoms with Gasteiger partial charge in [-0.25, -0.2) is 0 Å². The molecule has 25 heavy (non-hydrogen) atoms. The first-order valence-electron chi connectivity index (χ1n) is 8.47. The van der Waals surface area contributed by atoms with Gasteiger partial charge in [-0.3, -0.25) is 0 Å². The van der Waals surface area contributed by atoms with Gasteiger partial charge < -0.3 is 14.5 Å². The molecule has 1 N–H and O–H groups in total. The van der Waals surface area contributed by atoms with Gasteiger partial charge in [0.15, 0.2) is 0 Å². The molecule has 4 rings (SSSR count). The molecule has 0 saturated heterocycles. The zero-order chi connectivity index (χ0) is 17.7. The second-order valence-corrected chi connectivity index (χ2v) is 7.50. The second kappa shape index (κ2) is 5.94. The number of nitrogens with one attached hydrogen (secondary N) is 1. The number of halogens is 1. The van der Waals surface area contributed by atoms with E-state index >= 15 is 0 Å². The van der Waals surface area contributed by atoms with Gasteiger partial charge in [0.25, 0.3) is 0 Å². The molecular formula is C21H22ClN3. The lowest BCUT2D eigenvalue weighted by Crippen LogP contribution is -2.09. The highest BCUT2D eigenvalue weighted by atomic mass is 35.5. The van der Waals surface area contributed by atoms with Gasteiger partial charge >= 0.3 is 0 Å². The van der Waals surface area contributed by atoms with Gasteiger partial charge in [-0.15, -0.1) is 0 Å². The zero-order valence-corrected chi connectivity index (χ0v) is 15.8. The largest absolute Gasteiger partial charge is 0.354 e. The molecule has 2 heterocycles. The average molecular weight is 352 g/mol. The van der Waals surface area contributed by atoms with Gasteiger partial charge in [0.2, 0.25) is 0 Å². The van der Waals surface area contributed by atoms with E-state index in [1.165, 1.54) is 38.7 Å². The van der Waals surface area contributed by atoms with E-state index in [-0.39, 0.29) is 0 Å². The van der Waals surface area contributed by atoms with E-state index in [1.807, 2.05) is 6.07 Å². The monoisotopic (exact) mass is 351 g/mol. The van der Waals surface area contributed by atoms with Crippen molar-refractivity contribution in [2.24, 2.45) is 0 Å². The Hall–Kier alpha value is -2.23. The molecule has 0 radical (unpaired) electrons. The number of fused-ring (bicyclic) bond motifs is 3. The summed E-state index contributed by atoms with van der Waals surface area (Å²) in [5.41, 5.74) is 7.36. The van der Waals surface area contributed by atoms with Crippen LogP contribution >= 0.6 is 11.6 Å². The molecule has 2 aromatic carbocycles. The Morgan fingerprint density at radius 2 is 1.92 bits per heavy atom. The summed E-state index contributed by atoms with van der Waals surface area (Å²) in [6.45, 7) is 5.29. The number of H-pyrrole nitrogens is 1. The lowest BCUT2D eigenvalue weighted by Gasteiger charge is -2.12. The fourth-order valence-electron chi connectivity index (χ4n) is 3.68. The zero-order valence-electron chi connectivity index (χ0n) is 15.0. The third kappa shape index (κ3) is 2.74. The SMILES string of the molecule is Cc1cc(-n2ccc(CN(C)C)c2)c(C)c2c1[nH]c1ccc(Cl)cc12. The molecule has 0 aliphatic rings. The van der Waals surface area contributed by atoms with Gasteiger partial charge in [-0.2, -0.15) is 0 Å². The normalized spacial score (nSPS) is 11.9. The smallest absolute Gasteiger partial charge is 0.0498 e. The molecular weight excluding hydrogens is 330 g/mol. The maximum absolute atomic E-state index is 6.25. The third-order valence-corrected chi connectivity index (χ3v) is 5.03. The van der Waals surface area contributed by atoms with Gasteiger partial charge in [-0.05, 0) is 75.0 Å². The van der Waals surface area contributed by atoms with E-state index in [1.54, 1.807) is 0 Å². The van der Waals surface area contributed by atoms with Crippen LogP contribution in [0.4, 0.5) is 0 Å². The van der Waals surface area contributed by atoms with Crippen LogP contribution in [-0.4, -0.2) is 28.5 Å². The van der Waals surface area contributed by atoms with Crippen molar-refractivity contribution in [3.63, 3.8) is 0 Å². The van der Waals surface area contributed by atoms with Crippen molar-refractivity contribution in [3.05, 3.63) is 64.4 Å². The van der Waals surface area contributed by atoms with Crippen molar-refractivity contribution in [3.8, 4) is 5.69 Å². The van der Waals surface area contributed by atoms with E-state index in [0.717, 1.165) is 17.1 Å². The minimum Gasteiger partial charge on any atom is -0.354 e. The number of aromatic nitrogens is 2. The summed E-state index contributed by atoms with van der Waals surface area (Å²) in [4.78, 5) is 5.73. The van der Waals surface area contributed by atoms with E-state index < -0.39 is 0 Å². The van der Waals surface area contributed by atoms with Crippen molar-refractivity contribution >= 4 is 33.4 Å². The van der Waals surface area contributed by atoms with E-state index in [0.29, 0.717) is 0 Å². The van der Waals surface area contributed by atoms with Crippen LogP contribution in [-0.2, 0) is 6.54 Å². The van der Waals surface area contributed by atoms with Gasteiger partial charge in [-0.1, -0.05) is 11.6 Å². The molecule has 0 fully saturated rings. The molecule has 4 heteroatoms. The molecule has 3 nitrogen and oxygen atoms in total. The van der Waals surface area contributed by atoms with Crippen LogP contribution < -0.4 is 0 Å². The highest BCUT2D eigenvalue weighted by Crippen LogP contribution is 2.35. The van der Waals surface area contributed by atoms with Crippen LogP contribution in [0.5, 0.6) is 0 Å². The summed E-state index contributed by atoms with van der Waals surface area (Å²) in [5.74, 6) is 0. The van der Waals surface area contributed by atoms with Crippen LogP contribution in [0.1, 0.15) is 16.7 Å². The Bertz CT molecular complexity index is 1090. The van der Waals surface area contributed by atoms with Crippen LogP contribution in [0, 0.1) is 13.8 Å². The molecule has 4 aromatic rings. The van der Waals surface area contributed by atoms with Gasteiger partial charge in [0.1, 0.15) is 0 Å². The summed E-state index contributed by atoms with van der Waals surface area (Å²) < 4.78 is 2.23. The fourth-order valence-corrected chi connectivity index (χ4v) is 3.85. The van der Waals surface area contributed by atoms with Crippen molar-refractivity contribution in [2.45, 2.75) is 20.4 Å². The van der Waals surface area contributed by atoms with Crippen LogP contribution in [0.25, 0.3) is 27.5 Å². The fraction of sp³-hybridized carbons (Fsp3) is 0.238. The molecule has 0 spiro atoms. The Balaban J connectivity index is 1.96. The number of aryl methyl sites for hydroxylation is 2. The van der Waals surface area contributed by atoms with Gasteiger partial charge in [0.05, 0.1) is 0 Å². The highest BCUT2D eigenvalue weighted by Gasteiger charge is 2.14. The number of nitrogens with zero attached hydrogens (tertiary/aromatic N) is 2. The molecule has 0 aliphatic heterocycles. The summed E-state index contributed by atoms with van der Waals surface area (Å²) >= 11 is 6.25. The molecule has 128 valence electrons. The molecule has 0 amide bonds. The lowest BCUT2D eigenvalue weighted by molar-refractivity contribution is 0.402. The minimum absolute atomic E-state index is 0.769. The minimum atomic E-state index is 0.769. The summed E-state index contributed by atoms with van der Waals surface area (Å²) in [6.07, 6.45) is 4.36. The van der Waals surface area contributed by atoms with Crippen molar-refractivity contribution in [1.29, 1.82) is 0 Å². The Labute approximate surface area is 152 Å². The first-order chi connectivity index (χ1) is 11.9. The maximum atomic E-state index is 6.25. The average Bonchev–Trinajstić information content (AvgIpc) is 3.14. The molecule has 2 aromatic heterocycles. The number of aromatic amines is 1. The molecule has 0 aliphatic carbocycles. The summed E-state index contributed by atoms with van der Waals surface area (Å²) in [5, 5.41) is 3.21. The molecule has 0 atom stereocenters. The predicted molar refractivity (Wildman–Crippen MR) is 107 cm³/mol. The maximum Gasteiger partial charge on any atom is 0.0498 e. The topological polar surface area (TPSA) is 24.0 Å². The van der Waals surface area contributed by atoms with E-state index in [4.69, 9.17) is 11.6 Å².